The molecule has 0 aliphatic carbocycles. The van der Waals surface area contributed by atoms with Crippen molar-refractivity contribution in [3.8, 4) is 0 Å². The maximum Gasteiger partial charge on any atom is 0.336 e. The number of carbonyl (C=O) groups excluding carboxylic acids is 2. The molecule has 1 aromatic carbocycles. The van der Waals surface area contributed by atoms with Crippen molar-refractivity contribution in [3.05, 3.63) is 56.3 Å². The number of aliphatic carboxylic acids is 1. The van der Waals surface area contributed by atoms with Crippen LogP contribution in [0.5, 0.6) is 0 Å². The average molecular weight is 373 g/mol. The summed E-state index contributed by atoms with van der Waals surface area (Å²) in [6.07, 6.45) is 0. The van der Waals surface area contributed by atoms with Crippen LogP contribution in [0.15, 0.2) is 40.7 Å². The van der Waals surface area contributed by atoms with E-state index in [1.165, 1.54) is 19.1 Å². The number of carboxylic acids is 1. The minimum Gasteiger partial charge on any atom is -0.545 e. The number of halogens is 3. The van der Waals surface area contributed by atoms with Crippen LogP contribution in [0.4, 0.5) is 4.39 Å². The van der Waals surface area contributed by atoms with Crippen LogP contribution in [0.25, 0.3) is 0 Å². The number of alkyl halides is 1. The molecule has 24 heavy (non-hydrogen) atoms. The van der Waals surface area contributed by atoms with Crippen LogP contribution in [0.3, 0.4) is 0 Å². The minimum absolute atomic E-state index is 0.0669. The molecule has 0 amide bonds. The number of hydrogen-bond acceptors (Lipinski definition) is 5. The van der Waals surface area contributed by atoms with Gasteiger partial charge in [0.15, 0.2) is 0 Å². The van der Waals surface area contributed by atoms with Crippen molar-refractivity contribution in [3.63, 3.8) is 0 Å². The molecule has 1 aromatic rings. The zero-order valence-electron chi connectivity index (χ0n) is 12.8. The lowest BCUT2D eigenvalue weighted by Gasteiger charge is -2.32. The predicted octanol–water partition coefficient (Wildman–Crippen LogP) is 2.10. The normalized spacial score (nSPS) is 17.6. The molecule has 1 heterocycles. The summed E-state index contributed by atoms with van der Waals surface area (Å²) in [5.41, 5.74) is -0.122. The average Bonchev–Trinajstić information content (AvgIpc) is 2.55. The molecule has 1 atom stereocenters. The standard InChI is InChI=1S/C16H14Cl2FNO4/c1-7-11(15(21)22)12(8-4-3-5-9(17)14(8)18)13(16(23)24-2)10(6-19)20-7/h3-5,12,20H,6H2,1-2H3,(H,21,22)/p-1. The SMILES string of the molecule is COC(=O)C1=C(CF)NC(C)=C(C(=O)[O-])C1c1cccc(Cl)c1Cl. The van der Waals surface area contributed by atoms with Gasteiger partial charge in [0, 0.05) is 17.2 Å². The number of rotatable bonds is 4. The smallest absolute Gasteiger partial charge is 0.336 e. The van der Waals surface area contributed by atoms with Gasteiger partial charge < -0.3 is 20.0 Å². The highest BCUT2D eigenvalue weighted by Crippen LogP contribution is 2.42. The van der Waals surface area contributed by atoms with Crippen molar-refractivity contribution in [1.82, 2.24) is 5.32 Å². The number of allylic oxidation sites excluding steroid dienone is 2. The maximum absolute atomic E-state index is 13.4. The van der Waals surface area contributed by atoms with E-state index in [1.807, 2.05) is 0 Å². The van der Waals surface area contributed by atoms with Gasteiger partial charge in [-0.25, -0.2) is 9.18 Å². The van der Waals surface area contributed by atoms with Gasteiger partial charge in [-0.1, -0.05) is 35.3 Å². The Labute approximate surface area is 147 Å². The molecule has 1 unspecified atom stereocenters. The topological polar surface area (TPSA) is 78.5 Å². The number of dihydropyridines is 1. The van der Waals surface area contributed by atoms with E-state index in [-0.39, 0.29) is 38.1 Å². The summed E-state index contributed by atoms with van der Waals surface area (Å²) in [6, 6.07) is 4.58. The summed E-state index contributed by atoms with van der Waals surface area (Å²) in [6.45, 7) is 0.428. The van der Waals surface area contributed by atoms with Crippen molar-refractivity contribution < 1.29 is 23.8 Å². The molecule has 0 spiro atoms. The molecule has 5 nitrogen and oxygen atoms in total. The molecule has 0 aromatic heterocycles. The van der Waals surface area contributed by atoms with E-state index >= 15 is 0 Å². The monoisotopic (exact) mass is 372 g/mol. The van der Waals surface area contributed by atoms with Crippen molar-refractivity contribution in [2.45, 2.75) is 12.8 Å². The number of benzene rings is 1. The van der Waals surface area contributed by atoms with Crippen molar-refractivity contribution >= 4 is 35.1 Å². The largest absolute Gasteiger partial charge is 0.545 e. The van der Waals surface area contributed by atoms with Gasteiger partial charge >= 0.3 is 5.97 Å². The molecule has 128 valence electrons. The van der Waals surface area contributed by atoms with E-state index in [4.69, 9.17) is 27.9 Å². The summed E-state index contributed by atoms with van der Waals surface area (Å²) < 4.78 is 18.1. The molecule has 0 radical (unpaired) electrons. The van der Waals surface area contributed by atoms with Crippen LogP contribution in [-0.2, 0) is 14.3 Å². The molecule has 8 heteroatoms. The zero-order valence-corrected chi connectivity index (χ0v) is 14.3. The fraction of sp³-hybridized carbons (Fsp3) is 0.250. The molecular weight excluding hydrogens is 360 g/mol. The first-order valence-electron chi connectivity index (χ1n) is 6.83. The Morgan fingerprint density at radius 3 is 2.54 bits per heavy atom. The summed E-state index contributed by atoms with van der Waals surface area (Å²) in [4.78, 5) is 23.8. The first-order valence-corrected chi connectivity index (χ1v) is 7.59. The van der Waals surface area contributed by atoms with E-state index in [0.29, 0.717) is 0 Å². The van der Waals surface area contributed by atoms with E-state index in [0.717, 1.165) is 7.11 Å². The fourth-order valence-corrected chi connectivity index (χ4v) is 3.09. The number of carbonyl (C=O) groups is 2. The summed E-state index contributed by atoms with van der Waals surface area (Å²) in [5, 5.41) is 14.5. The first-order chi connectivity index (χ1) is 11.3. The summed E-state index contributed by atoms with van der Waals surface area (Å²) in [5.74, 6) is -3.55. The van der Waals surface area contributed by atoms with Gasteiger partial charge in [-0.15, -0.1) is 0 Å². The van der Waals surface area contributed by atoms with Gasteiger partial charge in [-0.2, -0.15) is 0 Å². The zero-order chi connectivity index (χ0) is 18.0. The van der Waals surface area contributed by atoms with Crippen LogP contribution in [0.1, 0.15) is 18.4 Å². The number of nitrogens with one attached hydrogen (secondary N) is 1. The third-order valence-corrected chi connectivity index (χ3v) is 4.53. The quantitative estimate of drug-likeness (QED) is 0.818. The van der Waals surface area contributed by atoms with E-state index in [9.17, 15) is 19.1 Å². The lowest BCUT2D eigenvalue weighted by atomic mass is 9.80. The summed E-state index contributed by atoms with van der Waals surface area (Å²) in [7, 11) is 1.12. The van der Waals surface area contributed by atoms with E-state index in [2.05, 4.69) is 5.32 Å². The van der Waals surface area contributed by atoms with Gasteiger partial charge in [0.05, 0.1) is 34.4 Å². The van der Waals surface area contributed by atoms with Crippen molar-refractivity contribution in [1.29, 1.82) is 0 Å². The summed E-state index contributed by atoms with van der Waals surface area (Å²) >= 11 is 12.2. The number of ether oxygens (including phenoxy) is 1. The van der Waals surface area contributed by atoms with E-state index < -0.39 is 24.5 Å². The van der Waals surface area contributed by atoms with Gasteiger partial charge in [0.25, 0.3) is 0 Å². The Hall–Kier alpha value is -2.05. The van der Waals surface area contributed by atoms with E-state index in [1.54, 1.807) is 6.07 Å². The second-order valence-electron chi connectivity index (χ2n) is 5.04. The minimum atomic E-state index is -1.51. The Bertz CT molecular complexity index is 773. The highest BCUT2D eigenvalue weighted by Gasteiger charge is 2.36. The third kappa shape index (κ3) is 3.12. The first kappa shape index (κ1) is 18.3. The second kappa shape index (κ2) is 7.23. The third-order valence-electron chi connectivity index (χ3n) is 3.70. The van der Waals surface area contributed by atoms with Crippen molar-refractivity contribution in [2.75, 3.05) is 13.8 Å². The van der Waals surface area contributed by atoms with Gasteiger partial charge in [-0.3, -0.25) is 0 Å². The molecule has 0 fully saturated rings. The lowest BCUT2D eigenvalue weighted by molar-refractivity contribution is -0.299. The number of carboxylic acid groups (broad SMARTS) is 1. The van der Waals surface area contributed by atoms with Crippen LogP contribution in [0.2, 0.25) is 10.0 Å². The Morgan fingerprint density at radius 2 is 2.00 bits per heavy atom. The Morgan fingerprint density at radius 1 is 1.33 bits per heavy atom. The van der Waals surface area contributed by atoms with Crippen LogP contribution >= 0.6 is 23.2 Å². The van der Waals surface area contributed by atoms with Crippen LogP contribution in [0, 0.1) is 0 Å². The number of hydrogen-bond donors (Lipinski definition) is 1. The molecule has 0 saturated carbocycles. The molecule has 1 aliphatic heterocycles. The lowest BCUT2D eigenvalue weighted by Crippen LogP contribution is -2.38. The van der Waals surface area contributed by atoms with Gasteiger partial charge in [0.1, 0.15) is 6.67 Å². The predicted molar refractivity (Wildman–Crippen MR) is 85.1 cm³/mol. The van der Waals surface area contributed by atoms with Crippen molar-refractivity contribution in [2.24, 2.45) is 0 Å². The molecule has 1 N–H and O–H groups in total. The fourth-order valence-electron chi connectivity index (χ4n) is 2.68. The number of esters is 1. The van der Waals surface area contributed by atoms with Gasteiger partial charge in [-0.05, 0) is 18.6 Å². The van der Waals surface area contributed by atoms with Gasteiger partial charge in [0.2, 0.25) is 0 Å². The Balaban J connectivity index is 2.81. The highest BCUT2D eigenvalue weighted by molar-refractivity contribution is 6.42. The Kier molecular flexibility index (Phi) is 5.51. The molecule has 0 bridgehead atoms. The highest BCUT2D eigenvalue weighted by atomic mass is 35.5. The molecule has 2 rings (SSSR count). The number of methoxy groups -OCH3 is 1. The molecular formula is C16H13Cl2FNO4-. The maximum atomic E-state index is 13.4. The molecule has 0 saturated heterocycles. The molecule has 1 aliphatic rings. The second-order valence-corrected chi connectivity index (χ2v) is 5.83. The van der Waals surface area contributed by atoms with Crippen LogP contribution in [-0.4, -0.2) is 25.7 Å². The van der Waals surface area contributed by atoms with Crippen LogP contribution < -0.4 is 10.4 Å².